The van der Waals surface area contributed by atoms with E-state index in [9.17, 15) is 4.39 Å². The second-order valence-corrected chi connectivity index (χ2v) is 10.2. The summed E-state index contributed by atoms with van der Waals surface area (Å²) < 4.78 is 27.8. The molecule has 4 aromatic rings. The zero-order chi connectivity index (χ0) is 25.2. The van der Waals surface area contributed by atoms with E-state index in [1.165, 1.54) is 17.8 Å². The highest BCUT2D eigenvalue weighted by Crippen LogP contribution is 2.29. The van der Waals surface area contributed by atoms with Gasteiger partial charge in [-0.05, 0) is 56.6 Å². The van der Waals surface area contributed by atoms with Crippen molar-refractivity contribution >= 4 is 22.6 Å². The van der Waals surface area contributed by atoms with Gasteiger partial charge >= 0.3 is 0 Å². The number of rotatable bonds is 8. The molecular formula is C28H29ClFN5O2. The molecule has 2 saturated heterocycles. The molecule has 0 N–H and O–H groups in total. The lowest BCUT2D eigenvalue weighted by Crippen LogP contribution is -2.35. The van der Waals surface area contributed by atoms with Crippen LogP contribution in [-0.2, 0) is 24.4 Å². The molecule has 2 aliphatic heterocycles. The lowest BCUT2D eigenvalue weighted by atomic mass is 9.93. The second-order valence-electron chi connectivity index (χ2n) is 9.73. The maximum atomic E-state index is 14.0. The van der Waals surface area contributed by atoms with Gasteiger partial charge in [0.2, 0.25) is 5.88 Å². The first-order chi connectivity index (χ1) is 18.1. The molecule has 0 aliphatic carbocycles. The summed E-state index contributed by atoms with van der Waals surface area (Å²) in [7, 11) is 0. The van der Waals surface area contributed by atoms with Gasteiger partial charge in [0, 0.05) is 30.5 Å². The topological polar surface area (TPSA) is 65.3 Å². The summed E-state index contributed by atoms with van der Waals surface area (Å²) in [5, 5.41) is 0.261. The van der Waals surface area contributed by atoms with Crippen LogP contribution in [0, 0.1) is 5.82 Å². The van der Waals surface area contributed by atoms with Gasteiger partial charge in [-0.25, -0.2) is 14.4 Å². The van der Waals surface area contributed by atoms with Gasteiger partial charge in [0.15, 0.2) is 0 Å². The van der Waals surface area contributed by atoms with E-state index < -0.39 is 5.82 Å². The zero-order valence-electron chi connectivity index (χ0n) is 20.5. The molecule has 37 heavy (non-hydrogen) atoms. The summed E-state index contributed by atoms with van der Waals surface area (Å²) in [6, 6.07) is 15.4. The number of piperidine rings is 1. The Kier molecular flexibility index (Phi) is 7.04. The van der Waals surface area contributed by atoms with Crippen molar-refractivity contribution < 1.29 is 13.9 Å². The van der Waals surface area contributed by atoms with Gasteiger partial charge < -0.3 is 14.0 Å². The molecule has 2 aliphatic rings. The fraction of sp³-hybridized carbons (Fsp3) is 0.393. The van der Waals surface area contributed by atoms with Crippen LogP contribution < -0.4 is 4.74 Å². The summed E-state index contributed by atoms with van der Waals surface area (Å²) in [6.07, 6.45) is 4.83. The number of likely N-dealkylation sites (tertiary alicyclic amines) is 1. The SMILES string of the molecule is Fc1cc(Cl)cnc1COc1cccc(C2CCN(Cc3nc4ccccc4n3C[C@@H]3CCO3)CC2)n1. The molecule has 2 fully saturated rings. The van der Waals surface area contributed by atoms with Gasteiger partial charge in [-0.2, -0.15) is 0 Å². The van der Waals surface area contributed by atoms with Gasteiger partial charge in [-0.1, -0.05) is 29.8 Å². The van der Waals surface area contributed by atoms with Crippen LogP contribution in [0.15, 0.2) is 54.7 Å². The molecule has 9 heteroatoms. The number of nitrogens with zero attached hydrogens (tertiary/aromatic N) is 5. The van der Waals surface area contributed by atoms with Gasteiger partial charge in [0.25, 0.3) is 0 Å². The molecule has 0 amide bonds. The molecule has 0 unspecified atom stereocenters. The Bertz CT molecular complexity index is 1380. The number of fused-ring (bicyclic) bond motifs is 1. The Morgan fingerprint density at radius 2 is 1.89 bits per heavy atom. The van der Waals surface area contributed by atoms with E-state index >= 15 is 0 Å². The highest BCUT2D eigenvalue weighted by atomic mass is 35.5. The zero-order valence-corrected chi connectivity index (χ0v) is 21.3. The summed E-state index contributed by atoms with van der Waals surface area (Å²) in [6.45, 7) is 4.49. The van der Waals surface area contributed by atoms with E-state index in [0.717, 1.165) is 69.1 Å². The summed E-state index contributed by atoms with van der Waals surface area (Å²) in [4.78, 5) is 16.2. The maximum Gasteiger partial charge on any atom is 0.213 e. The fourth-order valence-corrected chi connectivity index (χ4v) is 5.24. The number of pyridine rings is 2. The molecule has 6 rings (SSSR count). The monoisotopic (exact) mass is 521 g/mol. The lowest BCUT2D eigenvalue weighted by Gasteiger charge is -2.32. The van der Waals surface area contributed by atoms with E-state index in [0.29, 0.717) is 11.8 Å². The number of aromatic nitrogens is 4. The van der Waals surface area contributed by atoms with Crippen molar-refractivity contribution in [3.8, 4) is 5.88 Å². The van der Waals surface area contributed by atoms with E-state index in [-0.39, 0.29) is 23.4 Å². The Hall–Kier alpha value is -3.07. The Morgan fingerprint density at radius 3 is 2.68 bits per heavy atom. The molecule has 0 bridgehead atoms. The van der Waals surface area contributed by atoms with Crippen LogP contribution in [-0.4, -0.2) is 50.2 Å². The summed E-state index contributed by atoms with van der Waals surface area (Å²) in [5.74, 6) is 1.45. The quantitative estimate of drug-likeness (QED) is 0.311. The van der Waals surface area contributed by atoms with Crippen molar-refractivity contribution in [2.24, 2.45) is 0 Å². The van der Waals surface area contributed by atoms with E-state index in [2.05, 4.69) is 32.7 Å². The van der Waals surface area contributed by atoms with Gasteiger partial charge in [0.1, 0.15) is 23.9 Å². The summed E-state index contributed by atoms with van der Waals surface area (Å²) in [5.41, 5.74) is 3.44. The minimum Gasteiger partial charge on any atom is -0.471 e. The van der Waals surface area contributed by atoms with Crippen molar-refractivity contribution in [3.63, 3.8) is 0 Å². The average molecular weight is 522 g/mol. The minimum absolute atomic E-state index is 0.00476. The van der Waals surface area contributed by atoms with Gasteiger partial charge in [-0.15, -0.1) is 0 Å². The van der Waals surface area contributed by atoms with Crippen molar-refractivity contribution in [1.29, 1.82) is 0 Å². The van der Waals surface area contributed by atoms with Crippen molar-refractivity contribution in [2.75, 3.05) is 19.7 Å². The molecule has 0 radical (unpaired) electrons. The third kappa shape index (κ3) is 5.46. The Labute approximate surface area is 220 Å². The second kappa shape index (κ2) is 10.7. The number of para-hydroxylation sites is 2. The largest absolute Gasteiger partial charge is 0.471 e. The number of ether oxygens (including phenoxy) is 2. The van der Waals surface area contributed by atoms with Crippen LogP contribution in [0.3, 0.4) is 0 Å². The van der Waals surface area contributed by atoms with Crippen molar-refractivity contribution in [3.05, 3.63) is 82.8 Å². The number of hydrogen-bond donors (Lipinski definition) is 0. The highest BCUT2D eigenvalue weighted by molar-refractivity contribution is 6.30. The first-order valence-corrected chi connectivity index (χ1v) is 13.2. The predicted molar refractivity (Wildman–Crippen MR) is 139 cm³/mol. The maximum absolute atomic E-state index is 14.0. The van der Waals surface area contributed by atoms with Crippen molar-refractivity contribution in [1.82, 2.24) is 24.4 Å². The first-order valence-electron chi connectivity index (χ1n) is 12.8. The fourth-order valence-electron chi connectivity index (χ4n) is 5.10. The molecule has 1 aromatic carbocycles. The first kappa shape index (κ1) is 24.3. The van der Waals surface area contributed by atoms with Crippen LogP contribution >= 0.6 is 11.6 Å². The number of imidazole rings is 1. The molecule has 0 saturated carbocycles. The normalized spacial score (nSPS) is 18.7. The molecule has 1 atom stereocenters. The predicted octanol–water partition coefficient (Wildman–Crippen LogP) is 5.37. The minimum atomic E-state index is -0.482. The van der Waals surface area contributed by atoms with Crippen molar-refractivity contribution in [2.45, 2.75) is 51.0 Å². The number of hydrogen-bond acceptors (Lipinski definition) is 6. The van der Waals surface area contributed by atoms with E-state index in [1.54, 1.807) is 6.07 Å². The summed E-state index contributed by atoms with van der Waals surface area (Å²) >= 11 is 5.78. The number of benzene rings is 1. The molecule has 0 spiro atoms. The molecule has 3 aromatic heterocycles. The van der Waals surface area contributed by atoms with Crippen LogP contribution in [0.2, 0.25) is 5.02 Å². The standard InChI is InChI=1S/C28H29ClFN5O2/c29-20-14-22(30)25(31-15-20)18-37-28-7-3-5-23(33-28)19-8-11-34(12-9-19)17-27-32-24-4-1-2-6-26(24)35(27)16-21-10-13-36-21/h1-7,14-15,19,21H,8-13,16-18H2/t21-/m0/s1. The average Bonchev–Trinajstić information content (AvgIpc) is 3.23. The van der Waals surface area contributed by atoms with Crippen LogP contribution in [0.5, 0.6) is 5.88 Å². The highest BCUT2D eigenvalue weighted by Gasteiger charge is 2.25. The number of halogens is 2. The van der Waals surface area contributed by atoms with E-state index in [4.69, 9.17) is 31.0 Å². The van der Waals surface area contributed by atoms with Gasteiger partial charge in [-0.3, -0.25) is 9.88 Å². The Morgan fingerprint density at radius 1 is 1.05 bits per heavy atom. The van der Waals surface area contributed by atoms with Gasteiger partial charge in [0.05, 0.1) is 35.2 Å². The molecular weight excluding hydrogens is 493 g/mol. The van der Waals surface area contributed by atoms with Crippen LogP contribution in [0.25, 0.3) is 11.0 Å². The smallest absolute Gasteiger partial charge is 0.213 e. The lowest BCUT2D eigenvalue weighted by molar-refractivity contribution is -0.0592. The van der Waals surface area contributed by atoms with E-state index in [1.807, 2.05) is 18.2 Å². The molecule has 7 nitrogen and oxygen atoms in total. The van der Waals surface area contributed by atoms with Crippen LogP contribution in [0.4, 0.5) is 4.39 Å². The third-order valence-corrected chi connectivity index (χ3v) is 7.48. The van der Waals surface area contributed by atoms with Crippen LogP contribution in [0.1, 0.15) is 42.4 Å². The third-order valence-electron chi connectivity index (χ3n) is 7.27. The molecule has 5 heterocycles. The molecule has 192 valence electrons. The Balaban J connectivity index is 1.08.